The summed E-state index contributed by atoms with van der Waals surface area (Å²) in [4.78, 5) is 42.5. The van der Waals surface area contributed by atoms with Crippen LogP contribution in [0.2, 0.25) is 0 Å². The monoisotopic (exact) mass is 445 g/mol. The predicted octanol–water partition coefficient (Wildman–Crippen LogP) is 2.07. The van der Waals surface area contributed by atoms with Gasteiger partial charge in [0.1, 0.15) is 5.69 Å². The highest BCUT2D eigenvalue weighted by molar-refractivity contribution is 6.05. The first-order chi connectivity index (χ1) is 15.3. The topological polar surface area (TPSA) is 94.2 Å². The average molecular weight is 446 g/mol. The van der Waals surface area contributed by atoms with Crippen LogP contribution in [0.25, 0.3) is 0 Å². The lowest BCUT2D eigenvalue weighted by atomic mass is 10.0. The molecule has 0 radical (unpaired) electrons. The number of ether oxygens (including phenoxy) is 2. The molecule has 9 heteroatoms. The molecule has 1 aliphatic rings. The molecule has 0 atom stereocenters. The van der Waals surface area contributed by atoms with Crippen LogP contribution >= 0.6 is 0 Å². The first-order valence-electron chi connectivity index (χ1n) is 10.8. The number of amides is 1. The number of carbonyl (C=O) groups is 3. The van der Waals surface area contributed by atoms with Crippen molar-refractivity contribution in [3.8, 4) is 0 Å². The number of hydrogen-bond donors (Lipinski definition) is 0. The van der Waals surface area contributed by atoms with Crippen LogP contribution in [0.1, 0.15) is 49.6 Å². The van der Waals surface area contributed by atoms with E-state index in [9.17, 15) is 14.4 Å². The van der Waals surface area contributed by atoms with E-state index >= 15 is 0 Å². The average Bonchev–Trinajstić information content (AvgIpc) is 3.39. The SMILES string of the molecule is CCOC(=O)c1c(C)c(C(=O)CN(CCN2CCOCC2)C(=O)c2ccco2)c(C)n1C. The summed E-state index contributed by atoms with van der Waals surface area (Å²) in [5.74, 6) is -0.847. The fourth-order valence-electron chi connectivity index (χ4n) is 4.02. The van der Waals surface area contributed by atoms with Gasteiger partial charge in [-0.1, -0.05) is 0 Å². The van der Waals surface area contributed by atoms with E-state index < -0.39 is 5.97 Å². The lowest BCUT2D eigenvalue weighted by Crippen LogP contribution is -2.44. The van der Waals surface area contributed by atoms with Crippen molar-refractivity contribution in [2.75, 3.05) is 52.5 Å². The van der Waals surface area contributed by atoms with Crippen molar-refractivity contribution in [3.05, 3.63) is 46.7 Å². The number of esters is 1. The third-order valence-corrected chi connectivity index (χ3v) is 5.82. The Balaban J connectivity index is 1.82. The summed E-state index contributed by atoms with van der Waals surface area (Å²) in [6, 6.07) is 3.23. The van der Waals surface area contributed by atoms with Crippen molar-refractivity contribution in [1.29, 1.82) is 0 Å². The van der Waals surface area contributed by atoms with Gasteiger partial charge >= 0.3 is 5.97 Å². The van der Waals surface area contributed by atoms with E-state index in [0.717, 1.165) is 13.1 Å². The Labute approximate surface area is 187 Å². The smallest absolute Gasteiger partial charge is 0.355 e. The molecule has 1 amide bonds. The van der Waals surface area contributed by atoms with E-state index in [2.05, 4.69) is 4.90 Å². The third-order valence-electron chi connectivity index (χ3n) is 5.82. The van der Waals surface area contributed by atoms with E-state index in [1.807, 2.05) is 0 Å². The van der Waals surface area contributed by atoms with Gasteiger partial charge in [0, 0.05) is 44.5 Å². The minimum absolute atomic E-state index is 0.113. The second kappa shape index (κ2) is 10.6. The summed E-state index contributed by atoms with van der Waals surface area (Å²) in [5, 5.41) is 0. The maximum absolute atomic E-state index is 13.3. The zero-order valence-electron chi connectivity index (χ0n) is 19.2. The van der Waals surface area contributed by atoms with Gasteiger partial charge in [-0.25, -0.2) is 4.79 Å². The van der Waals surface area contributed by atoms with Crippen molar-refractivity contribution >= 4 is 17.7 Å². The molecular formula is C23H31N3O6. The fraction of sp³-hybridized carbons (Fsp3) is 0.522. The summed E-state index contributed by atoms with van der Waals surface area (Å²) in [5.41, 5.74) is 2.02. The van der Waals surface area contributed by atoms with Crippen LogP contribution in [0.4, 0.5) is 0 Å². The van der Waals surface area contributed by atoms with Gasteiger partial charge in [-0.15, -0.1) is 0 Å². The van der Waals surface area contributed by atoms with Crippen LogP contribution in [-0.2, 0) is 16.5 Å². The first-order valence-corrected chi connectivity index (χ1v) is 10.8. The molecule has 3 heterocycles. The van der Waals surface area contributed by atoms with Crippen LogP contribution in [0.3, 0.4) is 0 Å². The van der Waals surface area contributed by atoms with Gasteiger partial charge in [0.2, 0.25) is 0 Å². The van der Waals surface area contributed by atoms with Gasteiger partial charge in [0.25, 0.3) is 5.91 Å². The molecule has 32 heavy (non-hydrogen) atoms. The Morgan fingerprint density at radius 3 is 2.53 bits per heavy atom. The molecule has 0 saturated carbocycles. The molecule has 0 N–H and O–H groups in total. The van der Waals surface area contributed by atoms with E-state index in [1.54, 1.807) is 44.5 Å². The molecular weight excluding hydrogens is 414 g/mol. The highest BCUT2D eigenvalue weighted by Gasteiger charge is 2.29. The number of morpholine rings is 1. The van der Waals surface area contributed by atoms with E-state index in [4.69, 9.17) is 13.9 Å². The maximum Gasteiger partial charge on any atom is 0.355 e. The largest absolute Gasteiger partial charge is 0.461 e. The normalized spacial score (nSPS) is 14.4. The molecule has 0 unspecified atom stereocenters. The molecule has 9 nitrogen and oxygen atoms in total. The van der Waals surface area contributed by atoms with Gasteiger partial charge in [-0.2, -0.15) is 0 Å². The van der Waals surface area contributed by atoms with Crippen LogP contribution in [0, 0.1) is 13.8 Å². The summed E-state index contributed by atoms with van der Waals surface area (Å²) in [7, 11) is 1.73. The van der Waals surface area contributed by atoms with E-state index in [1.165, 1.54) is 11.2 Å². The third kappa shape index (κ3) is 5.11. The molecule has 1 aliphatic heterocycles. The van der Waals surface area contributed by atoms with Crippen molar-refractivity contribution in [3.63, 3.8) is 0 Å². The Morgan fingerprint density at radius 1 is 1.19 bits per heavy atom. The molecule has 0 bridgehead atoms. The zero-order valence-corrected chi connectivity index (χ0v) is 19.2. The maximum atomic E-state index is 13.3. The predicted molar refractivity (Wildman–Crippen MR) is 117 cm³/mol. The van der Waals surface area contributed by atoms with Crippen LogP contribution in [0.5, 0.6) is 0 Å². The molecule has 0 aromatic carbocycles. The molecule has 0 aliphatic carbocycles. The summed E-state index contributed by atoms with van der Waals surface area (Å²) in [6.45, 7) is 9.29. The molecule has 2 aromatic heterocycles. The molecule has 1 fully saturated rings. The van der Waals surface area contributed by atoms with Gasteiger partial charge in [0.15, 0.2) is 11.5 Å². The summed E-state index contributed by atoms with van der Waals surface area (Å²) in [6.07, 6.45) is 1.44. The number of nitrogens with zero attached hydrogens (tertiary/aromatic N) is 3. The lowest BCUT2D eigenvalue weighted by molar-refractivity contribution is 0.0319. The first kappa shape index (κ1) is 23.7. The summed E-state index contributed by atoms with van der Waals surface area (Å²) >= 11 is 0. The highest BCUT2D eigenvalue weighted by Crippen LogP contribution is 2.23. The molecule has 0 spiro atoms. The van der Waals surface area contributed by atoms with Crippen molar-refractivity contribution in [2.45, 2.75) is 20.8 Å². The highest BCUT2D eigenvalue weighted by atomic mass is 16.5. The van der Waals surface area contributed by atoms with E-state index in [-0.39, 0.29) is 30.6 Å². The van der Waals surface area contributed by atoms with E-state index in [0.29, 0.717) is 48.8 Å². The van der Waals surface area contributed by atoms with Gasteiger partial charge < -0.3 is 23.4 Å². The number of Topliss-reactive ketones (excluding diaryl/α,β-unsaturated/α-hetero) is 1. The standard InChI is InChI=1S/C23H31N3O6/c1-5-31-23(29)21-16(2)20(17(3)24(21)4)18(27)15-26(22(28)19-7-6-12-32-19)9-8-25-10-13-30-14-11-25/h6-7,12H,5,8-11,13-15H2,1-4H3. The second-order valence-corrected chi connectivity index (χ2v) is 7.79. The molecule has 3 rings (SSSR count). The Morgan fingerprint density at radius 2 is 1.91 bits per heavy atom. The van der Waals surface area contributed by atoms with Crippen LogP contribution in [0.15, 0.2) is 22.8 Å². The van der Waals surface area contributed by atoms with Crippen LogP contribution in [-0.4, -0.2) is 84.6 Å². The minimum Gasteiger partial charge on any atom is -0.461 e. The quantitative estimate of drug-likeness (QED) is 0.431. The van der Waals surface area contributed by atoms with Gasteiger partial charge in [-0.05, 0) is 38.5 Å². The minimum atomic E-state index is -0.467. The van der Waals surface area contributed by atoms with Gasteiger partial charge in [0.05, 0.1) is 32.6 Å². The second-order valence-electron chi connectivity index (χ2n) is 7.79. The summed E-state index contributed by atoms with van der Waals surface area (Å²) < 4.78 is 17.5. The van der Waals surface area contributed by atoms with Gasteiger partial charge in [-0.3, -0.25) is 14.5 Å². The number of ketones is 1. The Hall–Kier alpha value is -2.91. The Kier molecular flexibility index (Phi) is 7.87. The van der Waals surface area contributed by atoms with Crippen LogP contribution < -0.4 is 0 Å². The molecule has 2 aromatic rings. The van der Waals surface area contributed by atoms with Crippen molar-refractivity contribution in [1.82, 2.24) is 14.4 Å². The number of furan rings is 1. The lowest BCUT2D eigenvalue weighted by Gasteiger charge is -2.29. The van der Waals surface area contributed by atoms with Crippen molar-refractivity contribution in [2.24, 2.45) is 7.05 Å². The number of carbonyl (C=O) groups excluding carboxylic acids is 3. The number of rotatable bonds is 9. The van der Waals surface area contributed by atoms with Crippen molar-refractivity contribution < 1.29 is 28.3 Å². The fourth-order valence-corrected chi connectivity index (χ4v) is 4.02. The number of aromatic nitrogens is 1. The zero-order chi connectivity index (χ0) is 23.3. The number of hydrogen-bond acceptors (Lipinski definition) is 7. The molecule has 1 saturated heterocycles. The Bertz CT molecular complexity index is 957. The molecule has 174 valence electrons.